The summed E-state index contributed by atoms with van der Waals surface area (Å²) in [6, 6.07) is 2.59. The van der Waals surface area contributed by atoms with E-state index in [0.717, 1.165) is 25.2 Å². The monoisotopic (exact) mass is 298 g/mol. The highest BCUT2D eigenvalue weighted by Gasteiger charge is 2.24. The summed E-state index contributed by atoms with van der Waals surface area (Å²) in [6.07, 6.45) is 0. The van der Waals surface area contributed by atoms with E-state index in [1.807, 2.05) is 0 Å². The molecule has 3 N–H and O–H groups in total. The third kappa shape index (κ3) is 3.24. The average molecular weight is 298 g/mol. The van der Waals surface area contributed by atoms with E-state index in [1.54, 1.807) is 4.90 Å². The number of oxime groups is 1. The van der Waals surface area contributed by atoms with Crippen LogP contribution in [0, 0.1) is 11.6 Å². The van der Waals surface area contributed by atoms with Gasteiger partial charge >= 0.3 is 0 Å². The lowest BCUT2D eigenvalue weighted by atomic mass is 10.1. The minimum Gasteiger partial charge on any atom is -0.409 e. The standard InChI is InChI=1S/C14H20F2N4O/c1-9(2)19-3-5-20(6-4-19)13-11(15)7-10(8-12(13)16)14(17)18-21/h7-9,21H,3-6H2,1-2H3,(H2,17,18). The highest BCUT2D eigenvalue weighted by atomic mass is 19.1. The van der Waals surface area contributed by atoms with Crippen LogP contribution in [0.3, 0.4) is 0 Å². The quantitative estimate of drug-likeness (QED) is 0.385. The van der Waals surface area contributed by atoms with E-state index in [1.165, 1.54) is 0 Å². The van der Waals surface area contributed by atoms with Crippen molar-refractivity contribution >= 4 is 11.5 Å². The zero-order chi connectivity index (χ0) is 15.6. The van der Waals surface area contributed by atoms with Gasteiger partial charge in [0.05, 0.1) is 0 Å². The van der Waals surface area contributed by atoms with Crippen LogP contribution in [-0.4, -0.2) is 48.2 Å². The van der Waals surface area contributed by atoms with Crippen LogP contribution in [0.1, 0.15) is 19.4 Å². The van der Waals surface area contributed by atoms with Gasteiger partial charge in [-0.1, -0.05) is 5.16 Å². The summed E-state index contributed by atoms with van der Waals surface area (Å²) >= 11 is 0. The van der Waals surface area contributed by atoms with Crippen molar-refractivity contribution in [3.8, 4) is 0 Å². The first-order valence-corrected chi connectivity index (χ1v) is 6.90. The number of benzene rings is 1. The molecule has 0 radical (unpaired) electrons. The number of amidine groups is 1. The maximum absolute atomic E-state index is 14.2. The van der Waals surface area contributed by atoms with Crippen LogP contribution in [0.25, 0.3) is 0 Å². The molecule has 2 rings (SSSR count). The molecule has 0 amide bonds. The van der Waals surface area contributed by atoms with Gasteiger partial charge in [-0.3, -0.25) is 4.90 Å². The normalized spacial score (nSPS) is 17.6. The number of rotatable bonds is 3. The predicted molar refractivity (Wildman–Crippen MR) is 77.8 cm³/mol. The summed E-state index contributed by atoms with van der Waals surface area (Å²) in [5.41, 5.74) is 5.34. The molecule has 0 bridgehead atoms. The largest absolute Gasteiger partial charge is 0.409 e. The van der Waals surface area contributed by atoms with Crippen LogP contribution in [0.15, 0.2) is 17.3 Å². The Bertz CT molecular complexity index is 517. The Balaban J connectivity index is 2.22. The fourth-order valence-electron chi connectivity index (χ4n) is 2.54. The van der Waals surface area contributed by atoms with Gasteiger partial charge in [0, 0.05) is 37.8 Å². The van der Waals surface area contributed by atoms with Crippen LogP contribution in [0.2, 0.25) is 0 Å². The molecule has 1 saturated heterocycles. The van der Waals surface area contributed by atoms with Gasteiger partial charge in [-0.05, 0) is 26.0 Å². The lowest BCUT2D eigenvalue weighted by molar-refractivity contribution is 0.208. The van der Waals surface area contributed by atoms with Crippen molar-refractivity contribution in [2.45, 2.75) is 19.9 Å². The van der Waals surface area contributed by atoms with Crippen LogP contribution >= 0.6 is 0 Å². The fourth-order valence-corrected chi connectivity index (χ4v) is 2.54. The van der Waals surface area contributed by atoms with E-state index in [0.29, 0.717) is 19.1 Å². The van der Waals surface area contributed by atoms with E-state index in [2.05, 4.69) is 23.9 Å². The highest BCUT2D eigenvalue weighted by molar-refractivity contribution is 5.97. The Kier molecular flexibility index (Phi) is 4.62. The van der Waals surface area contributed by atoms with Gasteiger partial charge in [-0.2, -0.15) is 0 Å². The summed E-state index contributed by atoms with van der Waals surface area (Å²) in [5, 5.41) is 11.3. The van der Waals surface area contributed by atoms with E-state index in [4.69, 9.17) is 10.9 Å². The van der Waals surface area contributed by atoms with Crippen molar-refractivity contribution < 1.29 is 14.0 Å². The number of anilines is 1. The van der Waals surface area contributed by atoms with Gasteiger partial charge in [0.1, 0.15) is 17.3 Å². The Hall–Kier alpha value is -1.89. The number of nitrogens with two attached hydrogens (primary N) is 1. The summed E-state index contributed by atoms with van der Waals surface area (Å²) in [7, 11) is 0. The fraction of sp³-hybridized carbons (Fsp3) is 0.500. The van der Waals surface area contributed by atoms with E-state index < -0.39 is 11.6 Å². The molecule has 1 fully saturated rings. The topological polar surface area (TPSA) is 65.1 Å². The molecule has 0 atom stereocenters. The first-order valence-electron chi connectivity index (χ1n) is 6.90. The molecule has 116 valence electrons. The third-order valence-corrected chi connectivity index (χ3v) is 3.78. The maximum Gasteiger partial charge on any atom is 0.170 e. The third-order valence-electron chi connectivity index (χ3n) is 3.78. The summed E-state index contributed by atoms with van der Waals surface area (Å²) in [4.78, 5) is 3.96. The van der Waals surface area contributed by atoms with Gasteiger partial charge in [0.15, 0.2) is 5.84 Å². The molecule has 0 aromatic heterocycles. The maximum atomic E-state index is 14.2. The molecular weight excluding hydrogens is 278 g/mol. The number of nitrogens with zero attached hydrogens (tertiary/aromatic N) is 3. The van der Waals surface area contributed by atoms with E-state index in [9.17, 15) is 8.78 Å². The van der Waals surface area contributed by atoms with Gasteiger partial charge in [-0.25, -0.2) is 8.78 Å². The van der Waals surface area contributed by atoms with Gasteiger partial charge in [0.25, 0.3) is 0 Å². The van der Waals surface area contributed by atoms with Crippen molar-refractivity contribution in [2.24, 2.45) is 10.9 Å². The molecule has 0 unspecified atom stereocenters. The molecule has 1 aliphatic heterocycles. The molecule has 1 aromatic carbocycles. The Morgan fingerprint density at radius 2 is 1.71 bits per heavy atom. The van der Waals surface area contributed by atoms with Crippen molar-refractivity contribution in [3.63, 3.8) is 0 Å². The molecule has 21 heavy (non-hydrogen) atoms. The zero-order valence-electron chi connectivity index (χ0n) is 12.2. The second-order valence-corrected chi connectivity index (χ2v) is 5.39. The van der Waals surface area contributed by atoms with Gasteiger partial charge < -0.3 is 15.8 Å². The average Bonchev–Trinajstić information content (AvgIpc) is 2.46. The van der Waals surface area contributed by atoms with Gasteiger partial charge in [-0.15, -0.1) is 0 Å². The predicted octanol–water partition coefficient (Wildman–Crippen LogP) is 1.59. The first-order chi connectivity index (χ1) is 9.93. The number of hydrogen-bond acceptors (Lipinski definition) is 4. The van der Waals surface area contributed by atoms with Crippen LogP contribution < -0.4 is 10.6 Å². The SMILES string of the molecule is CC(C)N1CCN(c2c(F)cc(C(N)=NO)cc2F)CC1. The zero-order valence-corrected chi connectivity index (χ0v) is 12.2. The van der Waals surface area contributed by atoms with E-state index in [-0.39, 0.29) is 17.1 Å². The summed E-state index contributed by atoms with van der Waals surface area (Å²) < 4.78 is 28.3. The molecule has 1 heterocycles. The smallest absolute Gasteiger partial charge is 0.170 e. The Labute approximate surface area is 122 Å². The van der Waals surface area contributed by atoms with E-state index >= 15 is 0 Å². The molecule has 1 aromatic rings. The molecule has 0 aliphatic carbocycles. The van der Waals surface area contributed by atoms with Crippen molar-refractivity contribution in [1.82, 2.24) is 4.90 Å². The lowest BCUT2D eigenvalue weighted by Crippen LogP contribution is -2.49. The molecule has 1 aliphatic rings. The van der Waals surface area contributed by atoms with Crippen LogP contribution in [0.4, 0.5) is 14.5 Å². The van der Waals surface area contributed by atoms with Crippen molar-refractivity contribution in [3.05, 3.63) is 29.3 Å². The van der Waals surface area contributed by atoms with Crippen molar-refractivity contribution in [1.29, 1.82) is 0 Å². The number of halogens is 2. The van der Waals surface area contributed by atoms with Crippen molar-refractivity contribution in [2.75, 3.05) is 31.1 Å². The highest BCUT2D eigenvalue weighted by Crippen LogP contribution is 2.26. The Morgan fingerprint density at radius 1 is 1.19 bits per heavy atom. The molecule has 0 spiro atoms. The minimum atomic E-state index is -0.699. The molecule has 0 saturated carbocycles. The summed E-state index contributed by atoms with van der Waals surface area (Å²) in [5.74, 6) is -1.71. The Morgan fingerprint density at radius 3 is 2.14 bits per heavy atom. The van der Waals surface area contributed by atoms with Crippen LogP contribution in [0.5, 0.6) is 0 Å². The molecular formula is C14H20F2N4O. The first kappa shape index (κ1) is 15.5. The second kappa shape index (κ2) is 6.26. The lowest BCUT2D eigenvalue weighted by Gasteiger charge is -2.38. The molecule has 7 heteroatoms. The summed E-state index contributed by atoms with van der Waals surface area (Å²) in [6.45, 7) is 6.85. The van der Waals surface area contributed by atoms with Crippen LogP contribution in [-0.2, 0) is 0 Å². The minimum absolute atomic E-state index is 0.0251. The second-order valence-electron chi connectivity index (χ2n) is 5.39. The van der Waals surface area contributed by atoms with Gasteiger partial charge in [0.2, 0.25) is 0 Å². The number of hydrogen-bond donors (Lipinski definition) is 2. The molecule has 5 nitrogen and oxygen atoms in total. The number of piperazine rings is 1.